The highest BCUT2D eigenvalue weighted by Crippen LogP contribution is 2.26. The number of halogens is 1. The fraction of sp³-hybridized carbons (Fsp3) is 0.130. The lowest BCUT2D eigenvalue weighted by Crippen LogP contribution is -2.35. The summed E-state index contributed by atoms with van der Waals surface area (Å²) in [5.74, 6) is 0.103. The summed E-state index contributed by atoms with van der Waals surface area (Å²) in [4.78, 5) is 24.3. The molecule has 2 heterocycles. The molecule has 2 N–H and O–H groups in total. The van der Waals surface area contributed by atoms with Crippen LogP contribution in [0, 0.1) is 12.7 Å². The van der Waals surface area contributed by atoms with Crippen LogP contribution in [0.4, 0.5) is 14.9 Å². The van der Waals surface area contributed by atoms with E-state index in [1.807, 2.05) is 41.8 Å². The molecule has 33 heavy (non-hydrogen) atoms. The molecular weight excluding hydrogens is 445 g/mol. The molecule has 2 aromatic heterocycles. The lowest BCUT2D eigenvalue weighted by atomic mass is 10.1. The van der Waals surface area contributed by atoms with Crippen molar-refractivity contribution >= 4 is 29.4 Å². The topological polar surface area (TPSA) is 102 Å². The van der Waals surface area contributed by atoms with Crippen molar-refractivity contribution < 1.29 is 18.4 Å². The number of nitrogens with one attached hydrogen (secondary N) is 2. The fourth-order valence-corrected chi connectivity index (χ4v) is 3.84. The van der Waals surface area contributed by atoms with Gasteiger partial charge in [-0.15, -0.1) is 10.2 Å². The third-order valence-corrected chi connectivity index (χ3v) is 5.56. The van der Waals surface area contributed by atoms with Crippen molar-refractivity contribution in [2.24, 2.45) is 0 Å². The Balaban J connectivity index is 1.45. The highest BCUT2D eigenvalue weighted by Gasteiger charge is 2.18. The van der Waals surface area contributed by atoms with E-state index in [2.05, 4.69) is 20.8 Å². The number of rotatable bonds is 7. The lowest BCUT2D eigenvalue weighted by molar-refractivity contribution is -0.117. The molecule has 0 radical (unpaired) electrons. The third kappa shape index (κ3) is 5.66. The molecule has 0 unspecified atom stereocenters. The van der Waals surface area contributed by atoms with Crippen LogP contribution in [0.25, 0.3) is 11.4 Å². The zero-order valence-electron chi connectivity index (χ0n) is 17.6. The van der Waals surface area contributed by atoms with Crippen LogP contribution in [-0.2, 0) is 11.3 Å². The second kappa shape index (κ2) is 10.1. The van der Waals surface area contributed by atoms with E-state index in [4.69, 9.17) is 4.42 Å². The smallest absolute Gasteiger partial charge is 0.325 e. The minimum absolute atomic E-state index is 0.0172. The second-order valence-electron chi connectivity index (χ2n) is 7.11. The van der Waals surface area contributed by atoms with E-state index in [9.17, 15) is 14.0 Å². The number of anilines is 1. The Bertz CT molecular complexity index is 1270. The molecule has 0 fully saturated rings. The molecule has 0 atom stereocenters. The number of benzene rings is 2. The van der Waals surface area contributed by atoms with Crippen molar-refractivity contribution in [1.82, 2.24) is 20.1 Å². The minimum Gasteiger partial charge on any atom is -0.467 e. The van der Waals surface area contributed by atoms with Crippen LogP contribution in [0.15, 0.2) is 76.5 Å². The first-order valence-corrected chi connectivity index (χ1v) is 11.0. The van der Waals surface area contributed by atoms with Gasteiger partial charge in [-0.2, -0.15) is 0 Å². The predicted molar refractivity (Wildman–Crippen MR) is 122 cm³/mol. The van der Waals surface area contributed by atoms with Crippen LogP contribution in [0.3, 0.4) is 0 Å². The number of carbonyl (C=O) groups excluding carboxylic acids is 2. The van der Waals surface area contributed by atoms with E-state index in [1.54, 1.807) is 18.4 Å². The number of urea groups is 1. The molecule has 0 bridgehead atoms. The Kier molecular flexibility index (Phi) is 6.84. The van der Waals surface area contributed by atoms with Crippen molar-refractivity contribution in [3.63, 3.8) is 0 Å². The maximum absolute atomic E-state index is 13.7. The summed E-state index contributed by atoms with van der Waals surface area (Å²) < 4.78 is 21.0. The number of hydrogen-bond donors (Lipinski definition) is 2. The molecule has 0 saturated heterocycles. The van der Waals surface area contributed by atoms with Crippen LogP contribution in [0.2, 0.25) is 0 Å². The number of hydrogen-bond acceptors (Lipinski definition) is 6. The van der Waals surface area contributed by atoms with E-state index >= 15 is 0 Å². The molecule has 168 valence electrons. The molecule has 4 aromatic rings. The summed E-state index contributed by atoms with van der Waals surface area (Å²) in [6.45, 7) is 2.37. The summed E-state index contributed by atoms with van der Waals surface area (Å²) in [6.07, 6.45) is 1.58. The molecule has 0 saturated carbocycles. The van der Waals surface area contributed by atoms with Gasteiger partial charge in [-0.1, -0.05) is 47.7 Å². The number of amides is 3. The van der Waals surface area contributed by atoms with E-state index in [-0.39, 0.29) is 11.4 Å². The van der Waals surface area contributed by atoms with Crippen molar-refractivity contribution in [2.45, 2.75) is 18.6 Å². The van der Waals surface area contributed by atoms with Crippen molar-refractivity contribution in [3.05, 3.63) is 84.1 Å². The summed E-state index contributed by atoms with van der Waals surface area (Å²) in [5.41, 5.74) is 1.94. The SMILES string of the molecule is Cc1cccc(-c2nnc(SCC(=O)NC(=O)Nc3ccccc3F)n2Cc2ccco2)c1. The van der Waals surface area contributed by atoms with Crippen molar-refractivity contribution in [1.29, 1.82) is 0 Å². The predicted octanol–water partition coefficient (Wildman–Crippen LogP) is 4.47. The third-order valence-electron chi connectivity index (χ3n) is 4.59. The van der Waals surface area contributed by atoms with Gasteiger partial charge in [0.25, 0.3) is 0 Å². The van der Waals surface area contributed by atoms with Gasteiger partial charge in [-0.25, -0.2) is 9.18 Å². The zero-order valence-corrected chi connectivity index (χ0v) is 18.4. The zero-order chi connectivity index (χ0) is 23.2. The first kappa shape index (κ1) is 22.3. The Morgan fingerprint density at radius 2 is 1.94 bits per heavy atom. The number of furan rings is 1. The van der Waals surface area contributed by atoms with Crippen molar-refractivity contribution in [3.8, 4) is 11.4 Å². The molecule has 10 heteroatoms. The molecule has 0 aliphatic carbocycles. The lowest BCUT2D eigenvalue weighted by Gasteiger charge is -2.10. The van der Waals surface area contributed by atoms with Gasteiger partial charge in [-0.05, 0) is 37.3 Å². The average molecular weight is 466 g/mol. The van der Waals surface area contributed by atoms with Crippen LogP contribution >= 0.6 is 11.8 Å². The van der Waals surface area contributed by atoms with Crippen molar-refractivity contribution in [2.75, 3.05) is 11.1 Å². The summed E-state index contributed by atoms with van der Waals surface area (Å²) in [7, 11) is 0. The van der Waals surface area contributed by atoms with Gasteiger partial charge in [0.15, 0.2) is 11.0 Å². The van der Waals surface area contributed by atoms with Gasteiger partial charge in [0, 0.05) is 5.56 Å². The maximum Gasteiger partial charge on any atom is 0.325 e. The number of thioether (sulfide) groups is 1. The molecule has 3 amide bonds. The second-order valence-corrected chi connectivity index (χ2v) is 8.05. The van der Waals surface area contributed by atoms with Gasteiger partial charge < -0.3 is 9.73 Å². The fourth-order valence-electron chi connectivity index (χ4n) is 3.10. The Hall–Kier alpha value is -3.92. The van der Waals surface area contributed by atoms with E-state index in [0.717, 1.165) is 22.9 Å². The Morgan fingerprint density at radius 1 is 1.09 bits per heavy atom. The highest BCUT2D eigenvalue weighted by molar-refractivity contribution is 7.99. The number of para-hydroxylation sites is 1. The largest absolute Gasteiger partial charge is 0.467 e. The molecule has 0 spiro atoms. The summed E-state index contributed by atoms with van der Waals surface area (Å²) >= 11 is 1.13. The van der Waals surface area contributed by atoms with E-state index in [1.165, 1.54) is 18.2 Å². The normalized spacial score (nSPS) is 10.7. The molecule has 4 rings (SSSR count). The number of aromatic nitrogens is 3. The molecule has 0 aliphatic rings. The quantitative estimate of drug-likeness (QED) is 0.391. The highest BCUT2D eigenvalue weighted by atomic mass is 32.2. The number of imide groups is 1. The van der Waals surface area contributed by atoms with Gasteiger partial charge in [0.2, 0.25) is 5.91 Å². The first-order valence-electron chi connectivity index (χ1n) is 10.0. The van der Waals surface area contributed by atoms with Crippen LogP contribution in [0.5, 0.6) is 0 Å². The summed E-state index contributed by atoms with van der Waals surface area (Å²) in [5, 5.41) is 13.5. The molecule has 8 nitrogen and oxygen atoms in total. The monoisotopic (exact) mass is 465 g/mol. The van der Waals surface area contributed by atoms with Crippen LogP contribution in [-0.4, -0.2) is 32.5 Å². The molecule has 0 aliphatic heterocycles. The van der Waals surface area contributed by atoms with Crippen LogP contribution in [0.1, 0.15) is 11.3 Å². The molecular formula is C23H20FN5O3S. The van der Waals surface area contributed by atoms with E-state index in [0.29, 0.717) is 23.3 Å². The van der Waals surface area contributed by atoms with Gasteiger partial charge >= 0.3 is 6.03 Å². The minimum atomic E-state index is -0.816. The Labute approximate surface area is 193 Å². The maximum atomic E-state index is 13.7. The van der Waals surface area contributed by atoms with Gasteiger partial charge in [-0.3, -0.25) is 14.7 Å². The van der Waals surface area contributed by atoms with Crippen LogP contribution < -0.4 is 10.6 Å². The average Bonchev–Trinajstić information content (AvgIpc) is 3.44. The Morgan fingerprint density at radius 3 is 2.70 bits per heavy atom. The summed E-state index contributed by atoms with van der Waals surface area (Å²) in [6, 6.07) is 16.4. The number of aryl methyl sites for hydroxylation is 1. The molecule has 2 aromatic carbocycles. The number of nitrogens with zero attached hydrogens (tertiary/aromatic N) is 3. The van der Waals surface area contributed by atoms with Gasteiger partial charge in [0.1, 0.15) is 11.6 Å². The first-order chi connectivity index (χ1) is 16.0. The van der Waals surface area contributed by atoms with Gasteiger partial charge in [0.05, 0.1) is 24.2 Å². The standard InChI is InChI=1S/C23H20FN5O3S/c1-15-6-4-7-16(12-15)21-27-28-23(29(21)13-17-8-5-11-32-17)33-14-20(30)26-22(31)25-19-10-3-2-9-18(19)24/h2-12H,13-14H2,1H3,(H2,25,26,30,31). The van der Waals surface area contributed by atoms with E-state index < -0.39 is 17.8 Å². The number of carbonyl (C=O) groups is 2.